The van der Waals surface area contributed by atoms with E-state index in [9.17, 15) is 4.79 Å². The molecule has 1 N–H and O–H groups in total. The molecular weight excluding hydrogens is 224 g/mol. The number of rotatable bonds is 7. The monoisotopic (exact) mass is 240 g/mol. The number of carboxylic acid groups (broad SMARTS) is 1. The number of thiophene rings is 1. The van der Waals surface area contributed by atoms with Crippen molar-refractivity contribution in [2.75, 3.05) is 6.61 Å². The highest BCUT2D eigenvalue weighted by Gasteiger charge is 1.98. The van der Waals surface area contributed by atoms with Crippen molar-refractivity contribution >= 4 is 23.4 Å². The van der Waals surface area contributed by atoms with Gasteiger partial charge in [0.05, 0.1) is 6.61 Å². The van der Waals surface area contributed by atoms with Crippen molar-refractivity contribution in [3.8, 4) is 0 Å². The lowest BCUT2D eigenvalue weighted by molar-refractivity contribution is -0.131. The first-order valence-electron chi connectivity index (χ1n) is 5.28. The van der Waals surface area contributed by atoms with E-state index in [1.807, 2.05) is 11.4 Å². The van der Waals surface area contributed by atoms with Gasteiger partial charge in [-0.05, 0) is 29.5 Å². The Labute approximate surface area is 99.4 Å². The quantitative estimate of drug-likeness (QED) is 0.588. The summed E-state index contributed by atoms with van der Waals surface area (Å²) in [6.45, 7) is 3.53. The van der Waals surface area contributed by atoms with Crippen LogP contribution in [0.2, 0.25) is 0 Å². The molecule has 0 aliphatic heterocycles. The number of hydrogen-bond acceptors (Lipinski definition) is 3. The topological polar surface area (TPSA) is 46.5 Å². The molecule has 0 aliphatic carbocycles. The second-order valence-electron chi connectivity index (χ2n) is 3.42. The molecule has 3 nitrogen and oxygen atoms in total. The molecule has 1 rings (SSSR count). The van der Waals surface area contributed by atoms with Crippen LogP contribution in [-0.2, 0) is 16.1 Å². The molecule has 0 unspecified atom stereocenters. The summed E-state index contributed by atoms with van der Waals surface area (Å²) in [7, 11) is 0. The fourth-order valence-corrected chi connectivity index (χ4v) is 1.94. The molecule has 0 aromatic carbocycles. The normalized spacial score (nSPS) is 11.1. The third-order valence-corrected chi connectivity index (χ3v) is 2.91. The highest BCUT2D eigenvalue weighted by Crippen LogP contribution is 2.17. The van der Waals surface area contributed by atoms with Crippen LogP contribution in [0.25, 0.3) is 6.08 Å². The van der Waals surface area contributed by atoms with Gasteiger partial charge in [-0.1, -0.05) is 13.3 Å². The molecule has 88 valence electrons. The van der Waals surface area contributed by atoms with Gasteiger partial charge in [-0.3, -0.25) is 0 Å². The van der Waals surface area contributed by atoms with Gasteiger partial charge < -0.3 is 9.84 Å². The number of ether oxygens (including phenoxy) is 1. The summed E-state index contributed by atoms with van der Waals surface area (Å²) in [5.41, 5.74) is 0.918. The predicted octanol–water partition coefficient (Wildman–Crippen LogP) is 3.16. The van der Waals surface area contributed by atoms with Crippen molar-refractivity contribution in [1.82, 2.24) is 0 Å². The van der Waals surface area contributed by atoms with Gasteiger partial charge in [-0.25, -0.2) is 4.79 Å². The maximum atomic E-state index is 10.3. The summed E-state index contributed by atoms with van der Waals surface area (Å²) >= 11 is 1.59. The average molecular weight is 240 g/mol. The summed E-state index contributed by atoms with van der Waals surface area (Å²) in [5.74, 6) is -0.924. The second-order valence-corrected chi connectivity index (χ2v) is 4.42. The summed E-state index contributed by atoms with van der Waals surface area (Å²) in [5, 5.41) is 10.4. The van der Waals surface area contributed by atoms with Crippen LogP contribution in [0, 0.1) is 0 Å². The molecule has 1 heterocycles. The van der Waals surface area contributed by atoms with Gasteiger partial charge in [0.25, 0.3) is 0 Å². The van der Waals surface area contributed by atoms with E-state index >= 15 is 0 Å². The molecule has 4 heteroatoms. The molecule has 16 heavy (non-hydrogen) atoms. The Morgan fingerprint density at radius 3 is 3.12 bits per heavy atom. The molecule has 0 saturated carbocycles. The standard InChI is InChI=1S/C12H16O3S/c1-2-3-6-15-8-11-7-10(9-16-11)4-5-12(13)14/h4-5,7,9H,2-3,6,8H2,1H3,(H,13,14). The zero-order chi connectivity index (χ0) is 11.8. The molecule has 0 aliphatic rings. The largest absolute Gasteiger partial charge is 0.478 e. The molecule has 0 radical (unpaired) electrons. The van der Waals surface area contributed by atoms with Gasteiger partial charge >= 0.3 is 5.97 Å². The minimum Gasteiger partial charge on any atom is -0.478 e. The highest BCUT2D eigenvalue weighted by molar-refractivity contribution is 7.10. The summed E-state index contributed by atoms with van der Waals surface area (Å²) in [6.07, 6.45) is 4.95. The molecule has 0 amide bonds. The van der Waals surface area contributed by atoms with Gasteiger partial charge in [0.15, 0.2) is 0 Å². The van der Waals surface area contributed by atoms with E-state index in [1.54, 1.807) is 17.4 Å². The van der Waals surface area contributed by atoms with Crippen LogP contribution >= 0.6 is 11.3 Å². The number of carbonyl (C=O) groups is 1. The minimum atomic E-state index is -0.924. The lowest BCUT2D eigenvalue weighted by atomic mass is 10.3. The highest BCUT2D eigenvalue weighted by atomic mass is 32.1. The Balaban J connectivity index is 2.36. The maximum absolute atomic E-state index is 10.3. The Bertz CT molecular complexity index is 355. The molecule has 1 aromatic rings. The fraction of sp³-hybridized carbons (Fsp3) is 0.417. The number of unbranched alkanes of at least 4 members (excludes halogenated alkanes) is 1. The molecule has 1 aromatic heterocycles. The minimum absolute atomic E-state index is 0.617. The molecule has 0 spiro atoms. The first-order valence-corrected chi connectivity index (χ1v) is 6.16. The van der Waals surface area contributed by atoms with Gasteiger partial charge in [-0.2, -0.15) is 0 Å². The fourth-order valence-electron chi connectivity index (χ4n) is 1.15. The first-order chi connectivity index (χ1) is 7.72. The second kappa shape index (κ2) is 7.19. The van der Waals surface area contributed by atoms with Crippen LogP contribution in [0.5, 0.6) is 0 Å². The Morgan fingerprint density at radius 1 is 1.62 bits per heavy atom. The van der Waals surface area contributed by atoms with E-state index in [0.29, 0.717) is 6.61 Å². The molecule has 0 atom stereocenters. The van der Waals surface area contributed by atoms with Crippen LogP contribution in [0.3, 0.4) is 0 Å². The molecular formula is C12H16O3S. The number of hydrogen-bond donors (Lipinski definition) is 1. The van der Waals surface area contributed by atoms with E-state index in [1.165, 1.54) is 0 Å². The van der Waals surface area contributed by atoms with E-state index in [4.69, 9.17) is 9.84 Å². The van der Waals surface area contributed by atoms with Crippen LogP contribution < -0.4 is 0 Å². The number of aliphatic carboxylic acids is 1. The zero-order valence-corrected chi connectivity index (χ0v) is 10.1. The Hall–Kier alpha value is -1.13. The van der Waals surface area contributed by atoms with Crippen LogP contribution in [-0.4, -0.2) is 17.7 Å². The van der Waals surface area contributed by atoms with E-state index in [0.717, 1.165) is 36.0 Å². The zero-order valence-electron chi connectivity index (χ0n) is 9.31. The lowest BCUT2D eigenvalue weighted by Gasteiger charge is -1.99. The first kappa shape index (κ1) is 12.9. The van der Waals surface area contributed by atoms with Crippen molar-refractivity contribution in [1.29, 1.82) is 0 Å². The SMILES string of the molecule is CCCCOCc1cc(C=CC(=O)O)cs1. The summed E-state index contributed by atoms with van der Waals surface area (Å²) in [4.78, 5) is 11.4. The van der Waals surface area contributed by atoms with Crippen molar-refractivity contribution in [2.45, 2.75) is 26.4 Å². The van der Waals surface area contributed by atoms with Crippen LogP contribution in [0.15, 0.2) is 17.5 Å². The third-order valence-electron chi connectivity index (χ3n) is 1.98. The van der Waals surface area contributed by atoms with Crippen molar-refractivity contribution in [3.05, 3.63) is 28.0 Å². The summed E-state index contributed by atoms with van der Waals surface area (Å²) in [6, 6.07) is 1.95. The molecule has 0 fully saturated rings. The van der Waals surface area contributed by atoms with Gasteiger partial charge in [0.1, 0.15) is 0 Å². The van der Waals surface area contributed by atoms with E-state index < -0.39 is 5.97 Å². The van der Waals surface area contributed by atoms with Gasteiger partial charge in [0.2, 0.25) is 0 Å². The van der Waals surface area contributed by atoms with Gasteiger partial charge in [-0.15, -0.1) is 11.3 Å². The number of carboxylic acids is 1. The predicted molar refractivity (Wildman–Crippen MR) is 65.6 cm³/mol. The Morgan fingerprint density at radius 2 is 2.44 bits per heavy atom. The van der Waals surface area contributed by atoms with Crippen molar-refractivity contribution in [3.63, 3.8) is 0 Å². The van der Waals surface area contributed by atoms with Crippen LogP contribution in [0.1, 0.15) is 30.2 Å². The summed E-state index contributed by atoms with van der Waals surface area (Å²) < 4.78 is 5.47. The molecule has 0 bridgehead atoms. The Kier molecular flexibility index (Phi) is 5.82. The third kappa shape index (κ3) is 5.09. The molecule has 0 saturated heterocycles. The van der Waals surface area contributed by atoms with E-state index in [-0.39, 0.29) is 0 Å². The average Bonchev–Trinajstić information content (AvgIpc) is 2.70. The van der Waals surface area contributed by atoms with Crippen LogP contribution in [0.4, 0.5) is 0 Å². The van der Waals surface area contributed by atoms with E-state index in [2.05, 4.69) is 6.92 Å². The maximum Gasteiger partial charge on any atom is 0.328 e. The van der Waals surface area contributed by atoms with Crippen molar-refractivity contribution in [2.24, 2.45) is 0 Å². The van der Waals surface area contributed by atoms with Crippen molar-refractivity contribution < 1.29 is 14.6 Å². The smallest absolute Gasteiger partial charge is 0.328 e. The van der Waals surface area contributed by atoms with Gasteiger partial charge in [0, 0.05) is 17.6 Å². The lowest BCUT2D eigenvalue weighted by Crippen LogP contribution is -1.92.